The molecule has 3 rings (SSSR count). The van der Waals surface area contributed by atoms with E-state index in [1.165, 1.54) is 12.1 Å². The Hall–Kier alpha value is -1.89. The average Bonchev–Trinajstić information content (AvgIpc) is 2.98. The molecule has 1 aliphatic carbocycles. The van der Waals surface area contributed by atoms with Gasteiger partial charge < -0.3 is 5.73 Å². The molecule has 106 valence electrons. The van der Waals surface area contributed by atoms with Crippen LogP contribution in [0.2, 0.25) is 0 Å². The van der Waals surface area contributed by atoms with E-state index in [9.17, 15) is 22.8 Å². The summed E-state index contributed by atoms with van der Waals surface area (Å²) in [5, 5.41) is 0. The number of amides is 2. The second-order valence-electron chi connectivity index (χ2n) is 5.09. The molecular formula is C13H11F3N2O2. The van der Waals surface area contributed by atoms with E-state index in [0.717, 1.165) is 17.0 Å². The van der Waals surface area contributed by atoms with Crippen molar-refractivity contribution in [2.75, 3.05) is 0 Å². The molecule has 2 fully saturated rings. The maximum atomic E-state index is 12.4. The molecular weight excluding hydrogens is 273 g/mol. The molecule has 1 heterocycles. The van der Waals surface area contributed by atoms with Crippen LogP contribution >= 0.6 is 0 Å². The third-order valence-corrected chi connectivity index (χ3v) is 3.80. The number of benzene rings is 1. The van der Waals surface area contributed by atoms with E-state index in [1.807, 2.05) is 0 Å². The minimum absolute atomic E-state index is 0.00444. The zero-order valence-electron chi connectivity index (χ0n) is 10.2. The minimum atomic E-state index is -4.40. The Bertz CT molecular complexity index is 560. The lowest BCUT2D eigenvalue weighted by Crippen LogP contribution is -2.36. The Morgan fingerprint density at radius 1 is 1.05 bits per heavy atom. The van der Waals surface area contributed by atoms with Gasteiger partial charge in [-0.25, -0.2) is 0 Å². The van der Waals surface area contributed by atoms with E-state index in [1.54, 1.807) is 0 Å². The van der Waals surface area contributed by atoms with Gasteiger partial charge in [-0.1, -0.05) is 12.1 Å². The van der Waals surface area contributed by atoms with E-state index in [-0.39, 0.29) is 24.4 Å². The third-order valence-electron chi connectivity index (χ3n) is 3.80. The minimum Gasteiger partial charge on any atom is -0.326 e. The van der Waals surface area contributed by atoms with Crippen molar-refractivity contribution in [3.63, 3.8) is 0 Å². The Balaban J connectivity index is 1.73. The molecule has 1 aliphatic heterocycles. The Morgan fingerprint density at radius 3 is 2.00 bits per heavy atom. The molecule has 1 saturated carbocycles. The first-order chi connectivity index (χ1) is 9.30. The molecule has 2 atom stereocenters. The van der Waals surface area contributed by atoms with Gasteiger partial charge in [-0.3, -0.25) is 14.5 Å². The van der Waals surface area contributed by atoms with Crippen LogP contribution < -0.4 is 5.73 Å². The highest BCUT2D eigenvalue weighted by Crippen LogP contribution is 2.46. The van der Waals surface area contributed by atoms with Gasteiger partial charge in [0.15, 0.2) is 0 Å². The van der Waals surface area contributed by atoms with E-state index in [0.29, 0.717) is 5.56 Å². The number of hydrogen-bond acceptors (Lipinski definition) is 3. The molecule has 2 amide bonds. The normalized spacial score (nSPS) is 28.8. The summed E-state index contributed by atoms with van der Waals surface area (Å²) in [6.45, 7) is -0.00444. The van der Waals surface area contributed by atoms with Crippen molar-refractivity contribution in [3.05, 3.63) is 35.4 Å². The van der Waals surface area contributed by atoms with Crippen molar-refractivity contribution in [1.82, 2.24) is 4.90 Å². The highest BCUT2D eigenvalue weighted by Gasteiger charge is 2.65. The first-order valence-electron chi connectivity index (χ1n) is 6.07. The smallest absolute Gasteiger partial charge is 0.326 e. The standard InChI is InChI=1S/C13H11F3N2O2/c14-13(15,16)7-3-1-6(2-4-7)5-18-11(19)8-9(10(8)17)12(18)20/h1-4,8-10H,5,17H2. The number of rotatable bonds is 2. The number of nitrogens with zero attached hydrogens (tertiary/aromatic N) is 1. The monoisotopic (exact) mass is 284 g/mol. The number of carbonyl (C=O) groups is 2. The molecule has 20 heavy (non-hydrogen) atoms. The summed E-state index contributed by atoms with van der Waals surface area (Å²) in [6.07, 6.45) is -4.40. The molecule has 0 aromatic heterocycles. The Labute approximate surface area is 112 Å². The Morgan fingerprint density at radius 2 is 1.55 bits per heavy atom. The number of alkyl halides is 3. The van der Waals surface area contributed by atoms with Crippen LogP contribution in [0.4, 0.5) is 13.2 Å². The number of fused-ring (bicyclic) bond motifs is 1. The molecule has 2 N–H and O–H groups in total. The molecule has 1 aromatic carbocycles. The van der Waals surface area contributed by atoms with Gasteiger partial charge in [-0.2, -0.15) is 13.2 Å². The quantitative estimate of drug-likeness (QED) is 0.829. The molecule has 2 aliphatic rings. The summed E-state index contributed by atoms with van der Waals surface area (Å²) in [6, 6.07) is 4.03. The SMILES string of the molecule is NC1C2C(=O)N(Cc3ccc(C(F)(F)F)cc3)C(=O)C12. The van der Waals surface area contributed by atoms with Crippen LogP contribution in [0.5, 0.6) is 0 Å². The lowest BCUT2D eigenvalue weighted by Gasteiger charge is -2.17. The van der Waals surface area contributed by atoms with Crippen LogP contribution in [-0.2, 0) is 22.3 Å². The van der Waals surface area contributed by atoms with E-state index >= 15 is 0 Å². The number of likely N-dealkylation sites (tertiary alicyclic amines) is 1. The van der Waals surface area contributed by atoms with E-state index < -0.39 is 23.6 Å². The zero-order chi connectivity index (χ0) is 14.7. The molecule has 0 bridgehead atoms. The fourth-order valence-corrected chi connectivity index (χ4v) is 2.58. The van der Waals surface area contributed by atoms with Gasteiger partial charge in [-0.15, -0.1) is 0 Å². The van der Waals surface area contributed by atoms with Crippen LogP contribution in [0, 0.1) is 11.8 Å². The number of halogens is 3. The van der Waals surface area contributed by atoms with Crippen molar-refractivity contribution in [1.29, 1.82) is 0 Å². The largest absolute Gasteiger partial charge is 0.416 e. The fourth-order valence-electron chi connectivity index (χ4n) is 2.58. The van der Waals surface area contributed by atoms with Crippen LogP contribution in [0.3, 0.4) is 0 Å². The molecule has 2 unspecified atom stereocenters. The predicted molar refractivity (Wildman–Crippen MR) is 62.0 cm³/mol. The summed E-state index contributed by atoms with van der Waals surface area (Å²) >= 11 is 0. The number of imide groups is 1. The highest BCUT2D eigenvalue weighted by molar-refractivity contribution is 6.10. The molecule has 0 spiro atoms. The third kappa shape index (κ3) is 1.89. The molecule has 0 radical (unpaired) electrons. The van der Waals surface area contributed by atoms with Crippen LogP contribution in [0.25, 0.3) is 0 Å². The number of piperidine rings is 1. The van der Waals surface area contributed by atoms with Gasteiger partial charge in [-0.05, 0) is 17.7 Å². The zero-order valence-corrected chi connectivity index (χ0v) is 10.2. The maximum absolute atomic E-state index is 12.4. The van der Waals surface area contributed by atoms with Gasteiger partial charge in [0.1, 0.15) is 0 Å². The van der Waals surface area contributed by atoms with Crippen LogP contribution in [-0.4, -0.2) is 22.8 Å². The van der Waals surface area contributed by atoms with E-state index in [4.69, 9.17) is 5.73 Å². The summed E-state index contributed by atoms with van der Waals surface area (Å²) in [5.41, 5.74) is 5.30. The molecule has 7 heteroatoms. The van der Waals surface area contributed by atoms with Gasteiger partial charge in [0.2, 0.25) is 11.8 Å². The summed E-state index contributed by atoms with van der Waals surface area (Å²) in [5.74, 6) is -1.52. The number of hydrogen-bond donors (Lipinski definition) is 1. The first-order valence-corrected chi connectivity index (χ1v) is 6.07. The number of nitrogens with two attached hydrogens (primary N) is 1. The van der Waals surface area contributed by atoms with Gasteiger partial charge in [0.25, 0.3) is 0 Å². The van der Waals surface area contributed by atoms with Crippen molar-refractivity contribution < 1.29 is 22.8 Å². The van der Waals surface area contributed by atoms with Gasteiger partial charge >= 0.3 is 6.18 Å². The van der Waals surface area contributed by atoms with Crippen molar-refractivity contribution in [2.24, 2.45) is 17.6 Å². The molecule has 1 saturated heterocycles. The molecule has 4 nitrogen and oxygen atoms in total. The first kappa shape index (κ1) is 13.1. The second-order valence-corrected chi connectivity index (χ2v) is 5.09. The Kier molecular flexibility index (Phi) is 2.66. The summed E-state index contributed by atoms with van der Waals surface area (Å²) < 4.78 is 37.2. The van der Waals surface area contributed by atoms with Gasteiger partial charge in [0.05, 0.1) is 23.9 Å². The summed E-state index contributed by atoms with van der Waals surface area (Å²) in [4.78, 5) is 24.8. The summed E-state index contributed by atoms with van der Waals surface area (Å²) in [7, 11) is 0. The predicted octanol–water partition coefficient (Wildman–Crippen LogP) is 1.15. The second kappa shape index (κ2) is 4.05. The average molecular weight is 284 g/mol. The highest BCUT2D eigenvalue weighted by atomic mass is 19.4. The van der Waals surface area contributed by atoms with Crippen molar-refractivity contribution in [3.8, 4) is 0 Å². The fraction of sp³-hybridized carbons (Fsp3) is 0.385. The lowest BCUT2D eigenvalue weighted by atomic mass is 10.1. The number of carbonyl (C=O) groups excluding carboxylic acids is 2. The lowest BCUT2D eigenvalue weighted by molar-refractivity contribution is -0.142. The van der Waals surface area contributed by atoms with Crippen molar-refractivity contribution in [2.45, 2.75) is 18.8 Å². The molecule has 1 aromatic rings. The topological polar surface area (TPSA) is 63.4 Å². The van der Waals surface area contributed by atoms with E-state index in [2.05, 4.69) is 0 Å². The van der Waals surface area contributed by atoms with Crippen LogP contribution in [0.15, 0.2) is 24.3 Å². The van der Waals surface area contributed by atoms with Crippen LogP contribution in [0.1, 0.15) is 11.1 Å². The van der Waals surface area contributed by atoms with Gasteiger partial charge in [0, 0.05) is 6.04 Å². The van der Waals surface area contributed by atoms with Crippen molar-refractivity contribution >= 4 is 11.8 Å². The maximum Gasteiger partial charge on any atom is 0.416 e.